The van der Waals surface area contributed by atoms with E-state index in [1.165, 1.54) is 29.2 Å². The molecule has 20 heavy (non-hydrogen) atoms. The van der Waals surface area contributed by atoms with Crippen molar-refractivity contribution < 1.29 is 23.1 Å². The van der Waals surface area contributed by atoms with Crippen molar-refractivity contribution >= 4 is 21.7 Å². The lowest BCUT2D eigenvalue weighted by Crippen LogP contribution is -2.40. The second-order valence-electron chi connectivity index (χ2n) is 4.79. The molecule has 1 heterocycles. The van der Waals surface area contributed by atoms with E-state index < -0.39 is 21.8 Å². The summed E-state index contributed by atoms with van der Waals surface area (Å²) < 4.78 is 22.7. The molecule has 0 aliphatic carbocycles. The van der Waals surface area contributed by atoms with Crippen molar-refractivity contribution in [1.29, 1.82) is 0 Å². The van der Waals surface area contributed by atoms with Gasteiger partial charge in [-0.05, 0) is 37.1 Å². The van der Waals surface area contributed by atoms with Gasteiger partial charge in [0.2, 0.25) is 0 Å². The summed E-state index contributed by atoms with van der Waals surface area (Å²) in [6.45, 7) is 0.406. The van der Waals surface area contributed by atoms with Crippen molar-refractivity contribution in [2.24, 2.45) is 0 Å². The van der Waals surface area contributed by atoms with E-state index in [0.29, 0.717) is 24.9 Å². The molecule has 0 radical (unpaired) electrons. The molecule has 2 rings (SSSR count). The van der Waals surface area contributed by atoms with Gasteiger partial charge in [0.25, 0.3) is 5.91 Å². The number of benzene rings is 1. The fraction of sp³-hybridized carbons (Fsp3) is 0.385. The number of nitrogens with zero attached hydrogens (tertiary/aromatic N) is 1. The van der Waals surface area contributed by atoms with E-state index in [0.717, 1.165) is 6.26 Å². The Morgan fingerprint density at radius 2 is 1.85 bits per heavy atom. The number of aliphatic carboxylic acids is 1. The van der Waals surface area contributed by atoms with Gasteiger partial charge in [0.1, 0.15) is 6.04 Å². The molecule has 0 saturated carbocycles. The molecular formula is C13H15NO5S. The minimum Gasteiger partial charge on any atom is -0.480 e. The Balaban J connectivity index is 2.24. The highest BCUT2D eigenvalue weighted by Crippen LogP contribution is 2.21. The summed E-state index contributed by atoms with van der Waals surface area (Å²) in [5.74, 6) is -1.39. The van der Waals surface area contributed by atoms with Crippen LogP contribution in [0.3, 0.4) is 0 Å². The molecule has 1 N–H and O–H groups in total. The SMILES string of the molecule is CS(=O)(=O)c1ccc(C(=O)N2CCC[C@@H]2C(=O)O)cc1. The highest BCUT2D eigenvalue weighted by molar-refractivity contribution is 7.90. The first kappa shape index (κ1) is 14.5. The van der Waals surface area contributed by atoms with E-state index in [4.69, 9.17) is 5.11 Å². The van der Waals surface area contributed by atoms with Crippen LogP contribution in [-0.2, 0) is 14.6 Å². The summed E-state index contributed by atoms with van der Waals surface area (Å²) in [6, 6.07) is 4.74. The number of likely N-dealkylation sites (tertiary alicyclic amines) is 1. The van der Waals surface area contributed by atoms with Gasteiger partial charge < -0.3 is 10.0 Å². The van der Waals surface area contributed by atoms with Crippen molar-refractivity contribution in [2.45, 2.75) is 23.8 Å². The molecule has 0 bridgehead atoms. The molecule has 1 aliphatic heterocycles. The van der Waals surface area contributed by atoms with Gasteiger partial charge in [0.05, 0.1) is 4.90 Å². The molecule has 1 aromatic rings. The van der Waals surface area contributed by atoms with E-state index in [1.807, 2.05) is 0 Å². The number of amides is 1. The van der Waals surface area contributed by atoms with Crippen LogP contribution in [0.2, 0.25) is 0 Å². The Hall–Kier alpha value is -1.89. The topological polar surface area (TPSA) is 91.8 Å². The summed E-state index contributed by atoms with van der Waals surface area (Å²) in [5, 5.41) is 9.06. The van der Waals surface area contributed by atoms with E-state index in [1.54, 1.807) is 0 Å². The number of hydrogen-bond donors (Lipinski definition) is 1. The monoisotopic (exact) mass is 297 g/mol. The molecule has 0 spiro atoms. The zero-order valence-corrected chi connectivity index (χ0v) is 11.8. The van der Waals surface area contributed by atoms with Crippen LogP contribution in [0.4, 0.5) is 0 Å². The molecule has 1 aliphatic rings. The zero-order valence-electron chi connectivity index (χ0n) is 10.9. The van der Waals surface area contributed by atoms with Crippen molar-refractivity contribution in [3.63, 3.8) is 0 Å². The van der Waals surface area contributed by atoms with Crippen LogP contribution in [0.25, 0.3) is 0 Å². The van der Waals surface area contributed by atoms with Crippen molar-refractivity contribution in [3.8, 4) is 0 Å². The van der Waals surface area contributed by atoms with Gasteiger partial charge in [-0.15, -0.1) is 0 Å². The third kappa shape index (κ3) is 2.82. The minimum atomic E-state index is -3.31. The quantitative estimate of drug-likeness (QED) is 0.890. The maximum atomic E-state index is 12.2. The lowest BCUT2D eigenvalue weighted by atomic mass is 10.1. The Bertz CT molecular complexity index is 635. The lowest BCUT2D eigenvalue weighted by molar-refractivity contribution is -0.141. The predicted molar refractivity (Wildman–Crippen MR) is 71.2 cm³/mol. The van der Waals surface area contributed by atoms with Crippen molar-refractivity contribution in [2.75, 3.05) is 12.8 Å². The highest BCUT2D eigenvalue weighted by Gasteiger charge is 2.34. The van der Waals surface area contributed by atoms with Gasteiger partial charge in [-0.2, -0.15) is 0 Å². The number of carboxylic acids is 1. The summed E-state index contributed by atoms with van der Waals surface area (Å²) in [5.41, 5.74) is 0.297. The van der Waals surface area contributed by atoms with Gasteiger partial charge in [0, 0.05) is 18.4 Å². The van der Waals surface area contributed by atoms with Crippen LogP contribution < -0.4 is 0 Å². The maximum Gasteiger partial charge on any atom is 0.326 e. The Morgan fingerprint density at radius 3 is 2.35 bits per heavy atom. The second kappa shape index (κ2) is 5.24. The van der Waals surface area contributed by atoms with E-state index in [2.05, 4.69) is 0 Å². The predicted octanol–water partition coefficient (Wildman–Crippen LogP) is 0.779. The molecule has 1 atom stereocenters. The van der Waals surface area contributed by atoms with Crippen LogP contribution in [0, 0.1) is 0 Å². The molecule has 1 fully saturated rings. The van der Waals surface area contributed by atoms with Crippen LogP contribution in [0.1, 0.15) is 23.2 Å². The summed E-state index contributed by atoms with van der Waals surface area (Å²) in [6.07, 6.45) is 2.19. The number of hydrogen-bond acceptors (Lipinski definition) is 4. The van der Waals surface area contributed by atoms with Crippen LogP contribution in [0.5, 0.6) is 0 Å². The van der Waals surface area contributed by atoms with Gasteiger partial charge in [0.15, 0.2) is 9.84 Å². The molecule has 1 saturated heterocycles. The van der Waals surface area contributed by atoms with E-state index in [9.17, 15) is 18.0 Å². The summed E-state index contributed by atoms with van der Waals surface area (Å²) in [4.78, 5) is 24.7. The molecule has 1 amide bonds. The highest BCUT2D eigenvalue weighted by atomic mass is 32.2. The first-order valence-electron chi connectivity index (χ1n) is 6.14. The molecule has 108 valence electrons. The second-order valence-corrected chi connectivity index (χ2v) is 6.81. The van der Waals surface area contributed by atoms with E-state index >= 15 is 0 Å². The third-order valence-electron chi connectivity index (χ3n) is 3.33. The van der Waals surface area contributed by atoms with Crippen LogP contribution in [-0.4, -0.2) is 49.1 Å². The fourth-order valence-corrected chi connectivity index (χ4v) is 2.91. The average molecular weight is 297 g/mol. The van der Waals surface area contributed by atoms with E-state index in [-0.39, 0.29) is 10.8 Å². The summed E-state index contributed by atoms with van der Waals surface area (Å²) >= 11 is 0. The molecule has 6 nitrogen and oxygen atoms in total. The molecule has 7 heteroatoms. The zero-order chi connectivity index (χ0) is 14.9. The van der Waals surface area contributed by atoms with Crippen LogP contribution in [0.15, 0.2) is 29.2 Å². The molecular weight excluding hydrogens is 282 g/mol. The average Bonchev–Trinajstić information content (AvgIpc) is 2.86. The van der Waals surface area contributed by atoms with Crippen molar-refractivity contribution in [3.05, 3.63) is 29.8 Å². The van der Waals surface area contributed by atoms with Crippen molar-refractivity contribution in [1.82, 2.24) is 4.90 Å². The first-order chi connectivity index (χ1) is 9.30. The number of carbonyl (C=O) groups excluding carboxylic acids is 1. The first-order valence-corrected chi connectivity index (χ1v) is 8.04. The molecule has 0 unspecified atom stereocenters. The van der Waals surface area contributed by atoms with Gasteiger partial charge >= 0.3 is 5.97 Å². The largest absolute Gasteiger partial charge is 0.480 e. The normalized spacial score (nSPS) is 19.1. The number of carbonyl (C=O) groups is 2. The standard InChI is InChI=1S/C13H15NO5S/c1-20(18,19)10-6-4-9(5-7-10)12(15)14-8-2-3-11(14)13(16)17/h4-7,11H,2-3,8H2,1H3,(H,16,17)/t11-/m1/s1. The van der Waals surface area contributed by atoms with Gasteiger partial charge in [-0.3, -0.25) is 4.79 Å². The van der Waals surface area contributed by atoms with Gasteiger partial charge in [-0.25, -0.2) is 13.2 Å². The molecule has 0 aromatic heterocycles. The number of carboxylic acid groups (broad SMARTS) is 1. The third-order valence-corrected chi connectivity index (χ3v) is 4.46. The lowest BCUT2D eigenvalue weighted by Gasteiger charge is -2.21. The minimum absolute atomic E-state index is 0.130. The Morgan fingerprint density at radius 1 is 1.25 bits per heavy atom. The fourth-order valence-electron chi connectivity index (χ4n) is 2.28. The smallest absolute Gasteiger partial charge is 0.326 e. The van der Waals surface area contributed by atoms with Gasteiger partial charge in [-0.1, -0.05) is 0 Å². The number of rotatable bonds is 3. The molecule has 1 aromatic carbocycles. The van der Waals surface area contributed by atoms with Crippen LogP contribution >= 0.6 is 0 Å². The number of sulfone groups is 1. The maximum absolute atomic E-state index is 12.2. The summed E-state index contributed by atoms with van der Waals surface area (Å²) in [7, 11) is -3.31. The Kier molecular flexibility index (Phi) is 3.80. The Labute approximate surface area is 116 Å².